The average molecular weight is 1760 g/mol. The van der Waals surface area contributed by atoms with Gasteiger partial charge in [0.25, 0.3) is 0 Å². The summed E-state index contributed by atoms with van der Waals surface area (Å²) in [4.78, 5) is 37.0. The van der Waals surface area contributed by atoms with Crippen molar-refractivity contribution in [3.8, 4) is 0 Å². The fourth-order valence-electron chi connectivity index (χ4n) is 15.9. The van der Waals surface area contributed by atoms with Crippen LogP contribution in [0.1, 0.15) is 581 Å². The van der Waals surface area contributed by atoms with Crippen LogP contribution in [0.2, 0.25) is 0 Å². The summed E-state index contributed by atoms with van der Waals surface area (Å²) in [5.41, 5.74) is 0. The number of rotatable bonds is 96. The second kappa shape index (κ2) is 109. The molecule has 6 nitrogen and oxygen atoms in total. The van der Waals surface area contributed by atoms with E-state index < -0.39 is 22.1 Å². The van der Waals surface area contributed by atoms with Crippen molar-refractivity contribution in [2.75, 3.05) is 37.0 Å². The topological polar surface area (TPSA) is 120 Å². The predicted octanol–water partition coefficient (Wildman–Crippen LogP) is 38.1. The van der Waals surface area contributed by atoms with Crippen LogP contribution >= 0.6 is 22.1 Å². The minimum atomic E-state index is -3.14. The molecule has 0 bridgehead atoms. The summed E-state index contributed by atoms with van der Waals surface area (Å²) in [6.45, 7) is 13.6. The Kier molecular flexibility index (Phi) is 114. The van der Waals surface area contributed by atoms with E-state index in [1.807, 2.05) is 0 Å². The Labute approximate surface area is 752 Å². The van der Waals surface area contributed by atoms with Gasteiger partial charge < -0.3 is 28.4 Å². The zero-order chi connectivity index (χ0) is 85.6. The van der Waals surface area contributed by atoms with Crippen LogP contribution < -0.4 is 14.7 Å². The number of allylic oxidation sites excluding steroid dienone is 12. The Hall–Kier alpha value is -0.484. The molecule has 0 aliphatic heterocycles. The van der Waals surface area contributed by atoms with Crippen LogP contribution in [0.3, 0.4) is 0 Å². The molecular formula is C108H210CoO6P3. The molecule has 0 rings (SSSR count). The number of unbranched alkanes of at least 4 members (excludes halogenated alkanes) is 72. The second-order valence-corrected chi connectivity index (χ2v) is 44.0. The molecule has 0 aromatic heterocycles. The molecule has 0 N–H and O–H groups in total. The third-order valence-corrected chi connectivity index (χ3v) is 30.0. The van der Waals surface area contributed by atoms with E-state index in [9.17, 15) is 28.4 Å². The third kappa shape index (κ3) is 118. The molecule has 0 aromatic carbocycles. The first-order chi connectivity index (χ1) is 57.4. The van der Waals surface area contributed by atoms with Crippen molar-refractivity contribution in [1.29, 1.82) is 0 Å². The van der Waals surface area contributed by atoms with Gasteiger partial charge in [0.05, 0.1) is 0 Å². The van der Waals surface area contributed by atoms with Gasteiger partial charge in [-0.1, -0.05) is 461 Å². The molecule has 0 unspecified atom stereocenters. The van der Waals surface area contributed by atoms with Gasteiger partial charge in [-0.2, -0.15) is 0 Å². The Morgan fingerprint density at radius 1 is 0.136 bits per heavy atom. The monoisotopic (exact) mass is 1760 g/mol. The molecule has 10 heteroatoms. The van der Waals surface area contributed by atoms with E-state index in [-0.39, 0.29) is 16.8 Å². The van der Waals surface area contributed by atoms with Gasteiger partial charge in [0.1, 0.15) is 0 Å². The summed E-state index contributed by atoms with van der Waals surface area (Å²) >= 11 is 0. The maximum absolute atomic E-state index is 12.3. The maximum Gasteiger partial charge on any atom is 3.00 e. The molecule has 0 aromatic rings. The first-order valence-electron chi connectivity index (χ1n) is 53.1. The van der Waals surface area contributed by atoms with Gasteiger partial charge >= 0.3 is 16.8 Å². The van der Waals surface area contributed by atoms with E-state index in [1.165, 1.54) is 462 Å². The fraction of sp³-hybridized carbons (Fsp3) is 0.889. The van der Waals surface area contributed by atoms with Gasteiger partial charge in [-0.05, 0) is 230 Å². The number of hydrogen-bond acceptors (Lipinski definition) is 6. The van der Waals surface area contributed by atoms with Gasteiger partial charge in [-0.3, -0.25) is 0 Å². The van der Waals surface area contributed by atoms with Crippen LogP contribution in [0, 0.1) is 0 Å². The Bertz CT molecular complexity index is 1810. The first-order valence-corrected chi connectivity index (χ1v) is 59.1. The largest absolute Gasteiger partial charge is 3.00 e. The SMILES string of the molecule is CCCCCCCCC=CCCCCCCCCP(=O)([O-])CCCCCCCCC=CCCCCCCCC.CCCCCCCCC=CCCCCCCCCP(=O)([O-])CCCCCCCCC=CCCCCCCCC.CCCCCCCCC=CCCCCCCCCP(=O)([O-])CCCCCCCCC=CCCCCCCCC.[Co+3]. The average Bonchev–Trinajstić information content (AvgIpc) is 0.951. The molecule has 0 spiro atoms. The minimum absolute atomic E-state index is 0. The third-order valence-electron chi connectivity index (χ3n) is 24.1. The Morgan fingerprint density at radius 2 is 0.212 bits per heavy atom. The van der Waals surface area contributed by atoms with E-state index in [4.69, 9.17) is 0 Å². The Balaban J connectivity index is -0.000000823. The van der Waals surface area contributed by atoms with Gasteiger partial charge in [-0.25, -0.2) is 0 Å². The molecule has 0 radical (unpaired) electrons. The summed E-state index contributed by atoms with van der Waals surface area (Å²) in [6.07, 6.45) is 137. The molecule has 0 aliphatic rings. The van der Waals surface area contributed by atoms with E-state index in [1.54, 1.807) is 0 Å². The Morgan fingerprint density at radius 3 is 0.305 bits per heavy atom. The van der Waals surface area contributed by atoms with Crippen molar-refractivity contribution in [2.24, 2.45) is 0 Å². The van der Waals surface area contributed by atoms with Crippen LogP contribution in [0.5, 0.6) is 0 Å². The molecule has 0 heterocycles. The van der Waals surface area contributed by atoms with E-state index in [0.717, 1.165) is 77.0 Å². The normalized spacial score (nSPS) is 13.5. The van der Waals surface area contributed by atoms with E-state index >= 15 is 0 Å². The zero-order valence-corrected chi connectivity index (χ0v) is 84.4. The number of hydrogen-bond donors (Lipinski definition) is 0. The van der Waals surface area contributed by atoms with Crippen LogP contribution in [-0.4, -0.2) is 37.0 Å². The van der Waals surface area contributed by atoms with Crippen molar-refractivity contribution >= 4 is 22.1 Å². The van der Waals surface area contributed by atoms with Gasteiger partial charge in [0, 0.05) is 22.1 Å². The van der Waals surface area contributed by atoms with Crippen LogP contribution in [0.25, 0.3) is 0 Å². The van der Waals surface area contributed by atoms with E-state index in [0.29, 0.717) is 37.0 Å². The van der Waals surface area contributed by atoms with Crippen molar-refractivity contribution < 1.29 is 45.2 Å². The van der Waals surface area contributed by atoms with E-state index in [2.05, 4.69) is 114 Å². The second-order valence-electron chi connectivity index (χ2n) is 36.4. The first kappa shape index (κ1) is 124. The summed E-state index contributed by atoms with van der Waals surface area (Å²) < 4.78 is 37.0. The summed E-state index contributed by atoms with van der Waals surface area (Å²) in [7, 11) is -9.41. The van der Waals surface area contributed by atoms with Crippen molar-refractivity contribution in [1.82, 2.24) is 0 Å². The fourth-order valence-corrected chi connectivity index (χ4v) is 20.8. The van der Waals surface area contributed by atoms with Crippen LogP contribution in [0.4, 0.5) is 0 Å². The molecule has 0 atom stereocenters. The molecule has 0 saturated carbocycles. The smallest absolute Gasteiger partial charge is 0.799 e. The predicted molar refractivity (Wildman–Crippen MR) is 529 cm³/mol. The van der Waals surface area contributed by atoms with Gasteiger partial charge in [-0.15, -0.1) is 0 Å². The summed E-state index contributed by atoms with van der Waals surface area (Å²) in [5.74, 6) is 0. The summed E-state index contributed by atoms with van der Waals surface area (Å²) in [5, 5.41) is 0. The van der Waals surface area contributed by atoms with Crippen molar-refractivity contribution in [3.05, 3.63) is 72.9 Å². The zero-order valence-electron chi connectivity index (χ0n) is 80.7. The quantitative estimate of drug-likeness (QED) is 0.0340. The van der Waals surface area contributed by atoms with Crippen molar-refractivity contribution in [2.45, 2.75) is 581 Å². The van der Waals surface area contributed by atoms with Crippen molar-refractivity contribution in [3.63, 3.8) is 0 Å². The molecule has 0 fully saturated rings. The molecule has 118 heavy (non-hydrogen) atoms. The minimum Gasteiger partial charge on any atom is -0.799 e. The molecule has 702 valence electrons. The van der Waals surface area contributed by atoms with Crippen LogP contribution in [-0.2, 0) is 30.5 Å². The standard InChI is InChI=1S/3C36H71O2P.Co/c3*1-3-5-7-9-11-13-15-17-19-21-23-25-27-29-31-33-35-39(37,38)36-34-32-30-28-26-24-22-20-18-16-14-12-10-8-6-4-2;/h3*17-20H,3-16,21-36H2,1-2H3,(H,37,38);/q;;;+3/p-3. The maximum atomic E-state index is 12.3. The van der Waals surface area contributed by atoms with Gasteiger partial charge in [0.15, 0.2) is 0 Å². The molecular weight excluding hydrogens is 1550 g/mol. The molecule has 0 amide bonds. The molecule has 0 aliphatic carbocycles. The van der Waals surface area contributed by atoms with Gasteiger partial charge in [0.2, 0.25) is 0 Å². The van der Waals surface area contributed by atoms with Crippen LogP contribution in [0.15, 0.2) is 72.9 Å². The molecule has 0 saturated heterocycles. The summed E-state index contributed by atoms with van der Waals surface area (Å²) in [6, 6.07) is 0.